The Morgan fingerprint density at radius 2 is 2.11 bits per heavy atom. The third-order valence-corrected chi connectivity index (χ3v) is 3.49. The average Bonchev–Trinajstić information content (AvgIpc) is 2.88. The Morgan fingerprint density at radius 1 is 1.44 bits per heavy atom. The van der Waals surface area contributed by atoms with E-state index in [1.165, 1.54) is 0 Å². The number of rotatable bonds is 8. The normalized spacial score (nSPS) is 15.3. The van der Waals surface area contributed by atoms with Gasteiger partial charge in [0.15, 0.2) is 6.29 Å². The summed E-state index contributed by atoms with van der Waals surface area (Å²) in [7, 11) is 5.32. The van der Waals surface area contributed by atoms with Gasteiger partial charge in [0.05, 0.1) is 12.5 Å². The van der Waals surface area contributed by atoms with E-state index >= 15 is 0 Å². The van der Waals surface area contributed by atoms with Crippen molar-refractivity contribution < 1.29 is 13.9 Å². The van der Waals surface area contributed by atoms with Crippen molar-refractivity contribution in [1.29, 1.82) is 0 Å². The fraction of sp³-hybridized carbons (Fsp3) is 0.692. The van der Waals surface area contributed by atoms with E-state index in [1.54, 1.807) is 26.7 Å². The molecule has 0 aliphatic heterocycles. The van der Waals surface area contributed by atoms with E-state index in [0.29, 0.717) is 13.0 Å². The smallest absolute Gasteiger partial charge is 0.158 e. The van der Waals surface area contributed by atoms with Gasteiger partial charge in [-0.15, -0.1) is 0 Å². The molecule has 0 amide bonds. The summed E-state index contributed by atoms with van der Waals surface area (Å²) in [4.78, 5) is 2.20. The molecule has 0 spiro atoms. The zero-order valence-corrected chi connectivity index (χ0v) is 11.7. The molecule has 0 aromatic carbocycles. The minimum absolute atomic E-state index is 0.187. The predicted molar refractivity (Wildman–Crippen MR) is 70.1 cm³/mol. The zero-order valence-electron chi connectivity index (χ0n) is 11.7. The van der Waals surface area contributed by atoms with Crippen molar-refractivity contribution in [2.75, 3.05) is 27.8 Å². The Morgan fingerprint density at radius 3 is 2.56 bits per heavy atom. The number of ether oxygens (including phenoxy) is 2. The molecule has 1 aromatic rings. The number of likely N-dealkylation sites (N-methyl/N-ethyl adjacent to an activating group) is 1. The van der Waals surface area contributed by atoms with E-state index in [-0.39, 0.29) is 11.8 Å². The lowest BCUT2D eigenvalue weighted by Gasteiger charge is -2.39. The van der Waals surface area contributed by atoms with Gasteiger partial charge in [-0.25, -0.2) is 0 Å². The lowest BCUT2D eigenvalue weighted by molar-refractivity contribution is -0.127. The zero-order chi connectivity index (χ0) is 13.6. The molecule has 0 fully saturated rings. The molecule has 0 saturated carbocycles. The molecule has 1 atom stereocenters. The Labute approximate surface area is 109 Å². The van der Waals surface area contributed by atoms with Crippen LogP contribution in [0.4, 0.5) is 0 Å². The van der Waals surface area contributed by atoms with Crippen molar-refractivity contribution >= 4 is 0 Å². The Balaban J connectivity index is 2.67. The third-order valence-electron chi connectivity index (χ3n) is 3.49. The lowest BCUT2D eigenvalue weighted by Crippen LogP contribution is -2.51. The average molecular weight is 256 g/mol. The molecule has 0 aliphatic rings. The van der Waals surface area contributed by atoms with Gasteiger partial charge >= 0.3 is 0 Å². The monoisotopic (exact) mass is 256 g/mol. The van der Waals surface area contributed by atoms with Gasteiger partial charge in [0, 0.05) is 44.8 Å². The Bertz CT molecular complexity index is 325. The van der Waals surface area contributed by atoms with Crippen molar-refractivity contribution in [3.05, 3.63) is 24.2 Å². The van der Waals surface area contributed by atoms with Gasteiger partial charge in [0.25, 0.3) is 0 Å². The highest BCUT2D eigenvalue weighted by molar-refractivity contribution is 5.06. The van der Waals surface area contributed by atoms with Gasteiger partial charge in [-0.05, 0) is 20.0 Å². The van der Waals surface area contributed by atoms with E-state index in [2.05, 4.69) is 11.8 Å². The molecule has 5 nitrogen and oxygen atoms in total. The Hall–Kier alpha value is -0.880. The second-order valence-electron chi connectivity index (χ2n) is 4.79. The van der Waals surface area contributed by atoms with Gasteiger partial charge in [0.2, 0.25) is 0 Å². The highest BCUT2D eigenvalue weighted by Gasteiger charge is 2.31. The lowest BCUT2D eigenvalue weighted by atomic mass is 9.95. The van der Waals surface area contributed by atoms with Crippen LogP contribution in [0.5, 0.6) is 0 Å². The topological polar surface area (TPSA) is 60.9 Å². The molecular weight excluding hydrogens is 232 g/mol. The summed E-state index contributed by atoms with van der Waals surface area (Å²) >= 11 is 0. The van der Waals surface area contributed by atoms with E-state index in [0.717, 1.165) is 12.1 Å². The van der Waals surface area contributed by atoms with Crippen LogP contribution in [0.25, 0.3) is 0 Å². The van der Waals surface area contributed by atoms with Crippen LogP contribution in [-0.2, 0) is 16.0 Å². The molecule has 5 heteroatoms. The van der Waals surface area contributed by atoms with E-state index in [1.807, 2.05) is 13.1 Å². The first-order valence-corrected chi connectivity index (χ1v) is 6.03. The number of nitrogens with zero attached hydrogens (tertiary/aromatic N) is 1. The third kappa shape index (κ3) is 3.81. The Kier molecular flexibility index (Phi) is 5.81. The molecular formula is C13H24N2O3. The summed E-state index contributed by atoms with van der Waals surface area (Å²) in [5, 5.41) is 0. The number of methoxy groups -OCH3 is 2. The number of hydrogen-bond donors (Lipinski definition) is 1. The molecule has 1 heterocycles. The summed E-state index contributed by atoms with van der Waals surface area (Å²) in [6.07, 6.45) is 3.89. The minimum Gasteiger partial charge on any atom is -0.472 e. The van der Waals surface area contributed by atoms with Crippen molar-refractivity contribution in [2.45, 2.75) is 31.7 Å². The summed E-state index contributed by atoms with van der Waals surface area (Å²) < 4.78 is 15.6. The van der Waals surface area contributed by atoms with E-state index in [4.69, 9.17) is 19.6 Å². The first-order chi connectivity index (χ1) is 8.55. The first-order valence-electron chi connectivity index (χ1n) is 6.03. The second-order valence-corrected chi connectivity index (χ2v) is 4.79. The summed E-state index contributed by atoms with van der Waals surface area (Å²) in [5.41, 5.74) is 6.86. The number of hydrogen-bond acceptors (Lipinski definition) is 5. The van der Waals surface area contributed by atoms with Gasteiger partial charge in [0.1, 0.15) is 0 Å². The predicted octanol–water partition coefficient (Wildman–Crippen LogP) is 1.44. The first kappa shape index (κ1) is 15.2. The van der Waals surface area contributed by atoms with Gasteiger partial charge < -0.3 is 19.6 Å². The summed E-state index contributed by atoms with van der Waals surface area (Å²) in [6, 6.07) is 1.96. The van der Waals surface area contributed by atoms with E-state index in [9.17, 15) is 0 Å². The molecule has 0 radical (unpaired) electrons. The molecule has 104 valence electrons. The number of furan rings is 1. The fourth-order valence-corrected chi connectivity index (χ4v) is 1.86. The van der Waals surface area contributed by atoms with Crippen LogP contribution in [0.2, 0.25) is 0 Å². The van der Waals surface area contributed by atoms with Crippen LogP contribution < -0.4 is 5.73 Å². The highest BCUT2D eigenvalue weighted by atomic mass is 16.7. The van der Waals surface area contributed by atoms with Crippen molar-refractivity contribution in [2.24, 2.45) is 5.73 Å². The summed E-state index contributed by atoms with van der Waals surface area (Å²) in [6.45, 7) is 3.42. The van der Waals surface area contributed by atoms with Gasteiger partial charge in [-0.2, -0.15) is 0 Å². The van der Waals surface area contributed by atoms with Crippen LogP contribution in [0, 0.1) is 0 Å². The second kappa shape index (κ2) is 6.89. The molecule has 2 N–H and O–H groups in total. The maximum absolute atomic E-state index is 5.92. The quantitative estimate of drug-likeness (QED) is 0.713. The standard InChI is InChI=1S/C13H24N2O3/c1-13(10-14,7-12(16-3)17-4)15(2)8-11-5-6-18-9-11/h5-6,9,12H,7-8,10,14H2,1-4H3. The largest absolute Gasteiger partial charge is 0.472 e. The van der Waals surface area contributed by atoms with E-state index < -0.39 is 0 Å². The maximum atomic E-state index is 5.92. The molecule has 0 saturated heterocycles. The highest BCUT2D eigenvalue weighted by Crippen LogP contribution is 2.22. The van der Waals surface area contributed by atoms with Crippen molar-refractivity contribution in [3.63, 3.8) is 0 Å². The minimum atomic E-state index is -0.245. The molecule has 0 bridgehead atoms. The van der Waals surface area contributed by atoms with Gasteiger partial charge in [-0.3, -0.25) is 4.90 Å². The SMILES string of the molecule is COC(CC(C)(CN)N(C)Cc1ccoc1)OC. The van der Waals surface area contributed by atoms with Gasteiger partial charge in [-0.1, -0.05) is 0 Å². The summed E-state index contributed by atoms with van der Waals surface area (Å²) in [5.74, 6) is 0. The van der Waals surface area contributed by atoms with Crippen LogP contribution >= 0.6 is 0 Å². The van der Waals surface area contributed by atoms with Crippen LogP contribution in [0.3, 0.4) is 0 Å². The number of nitrogens with two attached hydrogens (primary N) is 1. The molecule has 1 aromatic heterocycles. The van der Waals surface area contributed by atoms with Crippen molar-refractivity contribution in [3.8, 4) is 0 Å². The molecule has 1 unspecified atom stereocenters. The molecule has 18 heavy (non-hydrogen) atoms. The van der Waals surface area contributed by atoms with Crippen LogP contribution in [-0.4, -0.2) is 44.5 Å². The van der Waals surface area contributed by atoms with Crippen molar-refractivity contribution in [1.82, 2.24) is 4.90 Å². The van der Waals surface area contributed by atoms with Crippen LogP contribution in [0.1, 0.15) is 18.9 Å². The molecule has 1 rings (SSSR count). The van der Waals surface area contributed by atoms with Crippen LogP contribution in [0.15, 0.2) is 23.0 Å². The molecule has 0 aliphatic carbocycles. The fourth-order valence-electron chi connectivity index (χ4n) is 1.86. The maximum Gasteiger partial charge on any atom is 0.158 e.